The van der Waals surface area contributed by atoms with Gasteiger partial charge in [-0.1, -0.05) is 22.0 Å². The van der Waals surface area contributed by atoms with Gasteiger partial charge in [0.15, 0.2) is 0 Å². The predicted molar refractivity (Wildman–Crippen MR) is 69.2 cm³/mol. The van der Waals surface area contributed by atoms with Crippen molar-refractivity contribution in [3.8, 4) is 0 Å². The quantitative estimate of drug-likeness (QED) is 0.910. The van der Waals surface area contributed by atoms with Crippen molar-refractivity contribution in [3.05, 3.63) is 34.1 Å². The number of hydrogen-bond donors (Lipinski definition) is 1. The topological polar surface area (TPSA) is 29.3 Å². The molecule has 0 spiro atoms. The van der Waals surface area contributed by atoms with Crippen LogP contribution in [0.5, 0.6) is 0 Å². The lowest BCUT2D eigenvalue weighted by molar-refractivity contribution is 0.321. The van der Waals surface area contributed by atoms with Gasteiger partial charge >= 0.3 is 0 Å². The van der Waals surface area contributed by atoms with Crippen LogP contribution in [0, 0.1) is 5.82 Å². The van der Waals surface area contributed by atoms with E-state index in [4.69, 9.17) is 5.73 Å². The fraction of sp³-hybridized carbons (Fsp3) is 0.455. The van der Waals surface area contributed by atoms with E-state index in [1.165, 1.54) is 6.07 Å². The lowest BCUT2D eigenvalue weighted by Crippen LogP contribution is -2.26. The summed E-state index contributed by atoms with van der Waals surface area (Å²) < 4.78 is 14.3. The maximum Gasteiger partial charge on any atom is 0.128 e. The number of benzene rings is 1. The van der Waals surface area contributed by atoms with Crippen LogP contribution in [0.15, 0.2) is 22.7 Å². The van der Waals surface area contributed by atoms with Crippen molar-refractivity contribution in [1.29, 1.82) is 0 Å². The van der Waals surface area contributed by atoms with Crippen molar-refractivity contribution >= 4 is 28.3 Å². The van der Waals surface area contributed by atoms with Crippen LogP contribution in [0.25, 0.3) is 0 Å². The third-order valence-corrected chi connectivity index (χ3v) is 3.21. The summed E-state index contributed by atoms with van der Waals surface area (Å²) in [7, 11) is 0. The molecule has 1 saturated heterocycles. The lowest BCUT2D eigenvalue weighted by atomic mass is 10.2. The monoisotopic (exact) mass is 308 g/mol. The number of nitrogens with zero attached hydrogens (tertiary/aromatic N) is 1. The fourth-order valence-corrected chi connectivity index (χ4v) is 2.23. The van der Waals surface area contributed by atoms with Gasteiger partial charge in [0.05, 0.1) is 0 Å². The molecule has 1 fully saturated rings. The number of halogens is 3. The Morgan fingerprint density at radius 2 is 2.25 bits per heavy atom. The van der Waals surface area contributed by atoms with Crippen molar-refractivity contribution in [3.63, 3.8) is 0 Å². The number of likely N-dealkylation sites (tertiary alicyclic amines) is 1. The average Bonchev–Trinajstić information content (AvgIpc) is 2.56. The first-order chi connectivity index (χ1) is 7.15. The van der Waals surface area contributed by atoms with E-state index < -0.39 is 0 Å². The molecular formula is C11H15BrClFN2. The Bertz CT molecular complexity index is 362. The summed E-state index contributed by atoms with van der Waals surface area (Å²) in [4.78, 5) is 2.19. The molecule has 16 heavy (non-hydrogen) atoms. The van der Waals surface area contributed by atoms with Gasteiger partial charge < -0.3 is 5.73 Å². The van der Waals surface area contributed by atoms with Gasteiger partial charge in [-0.05, 0) is 18.6 Å². The van der Waals surface area contributed by atoms with E-state index >= 15 is 0 Å². The van der Waals surface area contributed by atoms with E-state index in [2.05, 4.69) is 20.8 Å². The number of rotatable bonds is 2. The normalized spacial score (nSPS) is 20.8. The Kier molecular flexibility index (Phi) is 5.18. The van der Waals surface area contributed by atoms with Crippen molar-refractivity contribution in [1.82, 2.24) is 4.90 Å². The van der Waals surface area contributed by atoms with Crippen LogP contribution in [-0.4, -0.2) is 24.0 Å². The summed E-state index contributed by atoms with van der Waals surface area (Å²) in [6.07, 6.45) is 1.01. The number of nitrogens with two attached hydrogens (primary N) is 1. The predicted octanol–water partition coefficient (Wildman–Crippen LogP) is 2.54. The van der Waals surface area contributed by atoms with Crippen LogP contribution in [-0.2, 0) is 6.54 Å². The maximum absolute atomic E-state index is 13.5. The highest BCUT2D eigenvalue weighted by Gasteiger charge is 2.19. The smallest absolute Gasteiger partial charge is 0.128 e. The van der Waals surface area contributed by atoms with Crippen molar-refractivity contribution in [2.24, 2.45) is 5.73 Å². The maximum atomic E-state index is 13.5. The Labute approximate surface area is 110 Å². The standard InChI is InChI=1S/C11H14BrFN2.ClH/c12-9-2-1-8(11(13)5-9)6-15-4-3-10(14)7-15;/h1-2,5,10H,3-4,6-7,14H2;1H. The zero-order valence-electron chi connectivity index (χ0n) is 8.83. The zero-order chi connectivity index (χ0) is 10.8. The highest BCUT2D eigenvalue weighted by molar-refractivity contribution is 9.10. The molecular weight excluding hydrogens is 294 g/mol. The van der Waals surface area contributed by atoms with E-state index in [1.807, 2.05) is 12.1 Å². The van der Waals surface area contributed by atoms with Gasteiger partial charge in [-0.2, -0.15) is 0 Å². The van der Waals surface area contributed by atoms with Crippen LogP contribution in [0.4, 0.5) is 4.39 Å². The van der Waals surface area contributed by atoms with Crippen LogP contribution in [0.1, 0.15) is 12.0 Å². The van der Waals surface area contributed by atoms with Crippen LogP contribution >= 0.6 is 28.3 Å². The molecule has 2 N–H and O–H groups in total. The summed E-state index contributed by atoms with van der Waals surface area (Å²) >= 11 is 3.24. The molecule has 1 aliphatic rings. The molecule has 1 unspecified atom stereocenters. The van der Waals surface area contributed by atoms with Gasteiger partial charge in [-0.3, -0.25) is 4.90 Å². The van der Waals surface area contributed by atoms with E-state index in [9.17, 15) is 4.39 Å². The second-order valence-electron chi connectivity index (χ2n) is 4.02. The second-order valence-corrected chi connectivity index (χ2v) is 4.94. The molecule has 0 saturated carbocycles. The summed E-state index contributed by atoms with van der Waals surface area (Å²) in [6.45, 7) is 2.50. The molecule has 2 nitrogen and oxygen atoms in total. The van der Waals surface area contributed by atoms with E-state index in [1.54, 1.807) is 0 Å². The van der Waals surface area contributed by atoms with Crippen LogP contribution in [0.2, 0.25) is 0 Å². The first kappa shape index (κ1) is 13.9. The number of hydrogen-bond acceptors (Lipinski definition) is 2. The van der Waals surface area contributed by atoms with Gasteiger partial charge in [-0.15, -0.1) is 12.4 Å². The fourth-order valence-electron chi connectivity index (χ4n) is 1.90. The first-order valence-electron chi connectivity index (χ1n) is 5.07. The van der Waals surface area contributed by atoms with Gasteiger partial charge in [-0.25, -0.2) is 4.39 Å². The van der Waals surface area contributed by atoms with E-state index in [-0.39, 0.29) is 24.3 Å². The van der Waals surface area contributed by atoms with Crippen molar-refractivity contribution in [2.45, 2.75) is 19.0 Å². The average molecular weight is 310 g/mol. The first-order valence-corrected chi connectivity index (χ1v) is 5.86. The Balaban J connectivity index is 0.00000128. The summed E-state index contributed by atoms with van der Waals surface area (Å²) in [6, 6.07) is 5.45. The molecule has 5 heteroatoms. The molecule has 1 aromatic rings. The van der Waals surface area contributed by atoms with Crippen molar-refractivity contribution in [2.75, 3.05) is 13.1 Å². The molecule has 0 bridgehead atoms. The SMILES string of the molecule is Cl.NC1CCN(Cc2ccc(Br)cc2F)C1. The molecule has 1 atom stereocenters. The summed E-state index contributed by atoms with van der Waals surface area (Å²) in [5.41, 5.74) is 6.54. The Hall–Kier alpha value is -0.160. The molecule has 2 rings (SSSR count). The largest absolute Gasteiger partial charge is 0.326 e. The lowest BCUT2D eigenvalue weighted by Gasteiger charge is -2.15. The van der Waals surface area contributed by atoms with E-state index in [0.717, 1.165) is 29.5 Å². The van der Waals surface area contributed by atoms with Gasteiger partial charge in [0.2, 0.25) is 0 Å². The highest BCUT2D eigenvalue weighted by Crippen LogP contribution is 2.18. The second kappa shape index (κ2) is 5.96. The summed E-state index contributed by atoms with van der Waals surface area (Å²) in [5.74, 6) is -0.148. The Morgan fingerprint density at radius 1 is 1.50 bits per heavy atom. The van der Waals surface area contributed by atoms with Gasteiger partial charge in [0.25, 0.3) is 0 Å². The molecule has 0 amide bonds. The van der Waals surface area contributed by atoms with Gasteiger partial charge in [0.1, 0.15) is 5.82 Å². The third kappa shape index (κ3) is 3.42. The minimum atomic E-state index is -0.148. The minimum Gasteiger partial charge on any atom is -0.326 e. The molecule has 1 aliphatic heterocycles. The highest BCUT2D eigenvalue weighted by atomic mass is 79.9. The van der Waals surface area contributed by atoms with Gasteiger partial charge in [0, 0.05) is 35.7 Å². The van der Waals surface area contributed by atoms with Crippen LogP contribution < -0.4 is 5.73 Å². The van der Waals surface area contributed by atoms with Crippen molar-refractivity contribution < 1.29 is 4.39 Å². The van der Waals surface area contributed by atoms with Crippen LogP contribution in [0.3, 0.4) is 0 Å². The minimum absolute atomic E-state index is 0. The zero-order valence-corrected chi connectivity index (χ0v) is 11.2. The molecule has 0 aliphatic carbocycles. The summed E-state index contributed by atoms with van der Waals surface area (Å²) in [5, 5.41) is 0. The third-order valence-electron chi connectivity index (χ3n) is 2.72. The molecule has 0 aromatic heterocycles. The molecule has 0 radical (unpaired) electrons. The Morgan fingerprint density at radius 3 is 2.81 bits per heavy atom. The molecule has 1 heterocycles. The molecule has 1 aromatic carbocycles. The molecule has 90 valence electrons. The van der Waals surface area contributed by atoms with E-state index in [0.29, 0.717) is 6.54 Å².